The summed E-state index contributed by atoms with van der Waals surface area (Å²) in [6.07, 6.45) is 0.340. The number of aliphatic hydroxyl groups is 1. The molecule has 52 heavy (non-hydrogen) atoms. The number of nitrogens with zero attached hydrogens (tertiary/aromatic N) is 4. The van der Waals surface area contributed by atoms with Crippen molar-refractivity contribution in [3.8, 4) is 17.0 Å². The molecule has 11 heteroatoms. The number of amides is 2. The van der Waals surface area contributed by atoms with Crippen LogP contribution in [0.25, 0.3) is 32.2 Å². The number of pyridine rings is 1. The molecule has 2 amide bonds. The molecule has 5 aromatic rings. The first-order valence-corrected chi connectivity index (χ1v) is 19.4. The smallest absolute Gasteiger partial charge is 0.265 e. The van der Waals surface area contributed by atoms with E-state index >= 15 is 0 Å². The van der Waals surface area contributed by atoms with Crippen LogP contribution in [0.5, 0.6) is 5.75 Å². The molecule has 9 rings (SSSR count). The maximum Gasteiger partial charge on any atom is 0.265 e. The maximum atomic E-state index is 12.8. The molecule has 268 valence electrons. The van der Waals surface area contributed by atoms with E-state index in [1.54, 1.807) is 0 Å². The summed E-state index contributed by atoms with van der Waals surface area (Å²) in [5.41, 5.74) is 6.63. The fraction of sp³-hybridized carbons (Fsp3) is 0.390. The average Bonchev–Trinajstić information content (AvgIpc) is 3.46. The molecule has 3 atom stereocenters. The second kappa shape index (κ2) is 13.8. The Hall–Kier alpha value is -4.55. The highest BCUT2D eigenvalue weighted by Crippen LogP contribution is 2.43. The summed E-state index contributed by atoms with van der Waals surface area (Å²) in [4.78, 5) is 37.6. The van der Waals surface area contributed by atoms with Crippen LogP contribution in [0.4, 0.5) is 5.69 Å². The van der Waals surface area contributed by atoms with Crippen molar-refractivity contribution in [3.05, 3.63) is 88.8 Å². The number of hydrogen-bond donors (Lipinski definition) is 3. The fourth-order valence-corrected chi connectivity index (χ4v) is 9.29. The number of carbonyl (C=O) groups excluding carboxylic acids is 2. The predicted octanol–water partition coefficient (Wildman–Crippen LogP) is 5.16. The number of piperazine rings is 1. The minimum Gasteiger partial charge on any atom is -0.489 e. The van der Waals surface area contributed by atoms with Crippen LogP contribution in [-0.2, 0) is 4.79 Å². The van der Waals surface area contributed by atoms with E-state index in [0.717, 1.165) is 90.2 Å². The van der Waals surface area contributed by atoms with Gasteiger partial charge in [0.2, 0.25) is 5.91 Å². The highest BCUT2D eigenvalue weighted by atomic mass is 32.1. The zero-order valence-electron chi connectivity index (χ0n) is 29.4. The molecule has 4 aliphatic heterocycles. The summed E-state index contributed by atoms with van der Waals surface area (Å²) in [5, 5.41) is 17.9. The molecule has 0 spiro atoms. The number of piperidine rings is 1. The molecule has 3 saturated heterocycles. The molecule has 4 aliphatic rings. The monoisotopic (exact) mass is 716 g/mol. The number of likely N-dealkylation sites (tertiary alicyclic amines) is 1. The number of rotatable bonds is 7. The number of nitrogens with one attached hydrogen (secondary N) is 2. The summed E-state index contributed by atoms with van der Waals surface area (Å²) < 4.78 is 7.17. The van der Waals surface area contributed by atoms with Crippen molar-refractivity contribution in [2.45, 2.75) is 43.9 Å². The van der Waals surface area contributed by atoms with Gasteiger partial charge in [-0.15, -0.1) is 11.3 Å². The zero-order chi connectivity index (χ0) is 35.3. The lowest BCUT2D eigenvalue weighted by atomic mass is 9.89. The van der Waals surface area contributed by atoms with E-state index in [4.69, 9.17) is 9.72 Å². The highest BCUT2D eigenvalue weighted by Gasteiger charge is 2.30. The molecule has 3 N–H and O–H groups in total. The Morgan fingerprint density at radius 3 is 2.38 bits per heavy atom. The van der Waals surface area contributed by atoms with Crippen molar-refractivity contribution in [1.82, 2.24) is 25.4 Å². The molecular formula is C41H44N6O4S. The van der Waals surface area contributed by atoms with Crippen LogP contribution in [0.1, 0.15) is 52.4 Å². The number of hydrogen-bond acceptors (Lipinski definition) is 9. The Bertz CT molecular complexity index is 2120. The number of fused-ring (bicyclic) bond motifs is 5. The summed E-state index contributed by atoms with van der Waals surface area (Å²) in [6, 6.07) is 25.7. The van der Waals surface area contributed by atoms with Gasteiger partial charge < -0.3 is 30.3 Å². The van der Waals surface area contributed by atoms with Crippen LogP contribution in [0.2, 0.25) is 0 Å². The maximum absolute atomic E-state index is 12.8. The lowest BCUT2D eigenvalue weighted by Crippen LogP contribution is -2.51. The van der Waals surface area contributed by atoms with Crippen LogP contribution in [-0.4, -0.2) is 103 Å². The van der Waals surface area contributed by atoms with Crippen molar-refractivity contribution < 1.29 is 19.4 Å². The van der Waals surface area contributed by atoms with Gasteiger partial charge in [-0.05, 0) is 60.9 Å². The molecular weight excluding hydrogens is 673 g/mol. The van der Waals surface area contributed by atoms with Gasteiger partial charge in [0.15, 0.2) is 5.75 Å². The van der Waals surface area contributed by atoms with Crippen molar-refractivity contribution in [1.29, 1.82) is 0 Å². The van der Waals surface area contributed by atoms with Crippen molar-refractivity contribution in [3.63, 3.8) is 0 Å². The van der Waals surface area contributed by atoms with Crippen LogP contribution in [0, 0.1) is 0 Å². The number of aromatic nitrogens is 1. The Kier molecular flexibility index (Phi) is 8.82. The Morgan fingerprint density at radius 1 is 0.865 bits per heavy atom. The van der Waals surface area contributed by atoms with Gasteiger partial charge in [0.05, 0.1) is 17.3 Å². The van der Waals surface area contributed by atoms with E-state index in [9.17, 15) is 14.7 Å². The Morgan fingerprint density at radius 2 is 1.62 bits per heavy atom. The normalized spacial score (nSPS) is 23.1. The van der Waals surface area contributed by atoms with Gasteiger partial charge in [0.25, 0.3) is 5.91 Å². The van der Waals surface area contributed by atoms with E-state index in [1.807, 2.05) is 13.0 Å². The van der Waals surface area contributed by atoms with E-state index < -0.39 is 6.23 Å². The molecule has 2 unspecified atom stereocenters. The topological polar surface area (TPSA) is 110 Å². The molecule has 3 fully saturated rings. The molecule has 0 radical (unpaired) electrons. The quantitative estimate of drug-likeness (QED) is 0.212. The summed E-state index contributed by atoms with van der Waals surface area (Å²) >= 11 is 1.48. The minimum atomic E-state index is -0.804. The average molecular weight is 717 g/mol. The van der Waals surface area contributed by atoms with Crippen molar-refractivity contribution in [2.24, 2.45) is 0 Å². The molecule has 10 nitrogen and oxygen atoms in total. The first kappa shape index (κ1) is 33.3. The number of carbonyl (C=O) groups is 2. The molecule has 0 aliphatic carbocycles. The third-order valence-electron chi connectivity index (χ3n) is 11.3. The van der Waals surface area contributed by atoms with Gasteiger partial charge in [-0.2, -0.15) is 0 Å². The zero-order valence-corrected chi connectivity index (χ0v) is 30.2. The molecule has 0 saturated carbocycles. The van der Waals surface area contributed by atoms with Gasteiger partial charge in [0.1, 0.15) is 17.7 Å². The van der Waals surface area contributed by atoms with E-state index in [0.29, 0.717) is 36.0 Å². The summed E-state index contributed by atoms with van der Waals surface area (Å²) in [6.45, 7) is 10.9. The summed E-state index contributed by atoms with van der Waals surface area (Å²) in [5.74, 6) is 1.05. The first-order valence-electron chi connectivity index (χ1n) is 18.5. The van der Waals surface area contributed by atoms with Gasteiger partial charge in [-0.1, -0.05) is 36.4 Å². The van der Waals surface area contributed by atoms with Crippen LogP contribution >= 0.6 is 11.3 Å². The van der Waals surface area contributed by atoms with Gasteiger partial charge in [-0.3, -0.25) is 14.5 Å². The van der Waals surface area contributed by atoms with E-state index in [2.05, 4.69) is 92.1 Å². The van der Waals surface area contributed by atoms with Crippen LogP contribution < -0.4 is 20.3 Å². The SMILES string of the molecule is C[C@@H]1COc2c(sc3ccc4nc(-c5ccc(C6CN(CCN7CCN(c8ccc(C9CCC(=O)NC9O)cc8)CC7)C6)cc5)ccc4c23)C(=O)N1. The fourth-order valence-electron chi connectivity index (χ4n) is 8.23. The van der Waals surface area contributed by atoms with E-state index in [1.165, 1.54) is 22.6 Å². The van der Waals surface area contributed by atoms with E-state index in [-0.39, 0.29) is 23.8 Å². The van der Waals surface area contributed by atoms with Gasteiger partial charge >= 0.3 is 0 Å². The number of thiophene rings is 1. The third kappa shape index (κ3) is 6.40. The number of aliphatic hydroxyl groups excluding tert-OH is 1. The number of anilines is 1. The Balaban J connectivity index is 0.760. The standard InChI is InChI=1S/C41H44N6O4S/c1-25-24-51-38-37-32-10-12-33(43-34(32)13-14-35(37)52-39(38)41(50)42-25)28-4-2-26(3-5-28)29-22-46(23-29)17-16-45-18-20-47(21-19-45)30-8-6-27(7-9-30)31-11-15-36(48)44-40(31)49/h2-10,12-14,25,29,31,40,49H,11,15-24H2,1H3,(H,42,50)(H,44,48)/t25-,31?,40?/m1/s1. The summed E-state index contributed by atoms with van der Waals surface area (Å²) in [7, 11) is 0. The Labute approximate surface area is 307 Å². The molecule has 0 bridgehead atoms. The van der Waals surface area contributed by atoms with Crippen molar-refractivity contribution >= 4 is 49.8 Å². The number of benzene rings is 3. The van der Waals surface area contributed by atoms with Crippen LogP contribution in [0.3, 0.4) is 0 Å². The van der Waals surface area contributed by atoms with Crippen LogP contribution in [0.15, 0.2) is 72.8 Å². The largest absolute Gasteiger partial charge is 0.489 e. The second-order valence-corrected chi connectivity index (χ2v) is 15.9. The number of ether oxygens (including phenoxy) is 1. The second-order valence-electron chi connectivity index (χ2n) is 14.8. The minimum absolute atomic E-state index is 0.0319. The third-order valence-corrected chi connectivity index (χ3v) is 12.5. The predicted molar refractivity (Wildman–Crippen MR) is 205 cm³/mol. The lowest BCUT2D eigenvalue weighted by molar-refractivity contribution is -0.127. The van der Waals surface area contributed by atoms with Crippen molar-refractivity contribution in [2.75, 3.05) is 63.9 Å². The molecule has 2 aromatic heterocycles. The highest BCUT2D eigenvalue weighted by molar-refractivity contribution is 7.21. The van der Waals surface area contributed by atoms with Gasteiger partial charge in [0, 0.05) is 97.3 Å². The van der Waals surface area contributed by atoms with Gasteiger partial charge in [-0.25, -0.2) is 4.98 Å². The lowest BCUT2D eigenvalue weighted by Gasteiger charge is -2.42. The molecule has 6 heterocycles. The molecule has 3 aromatic carbocycles. The first-order chi connectivity index (χ1) is 25.4.